The van der Waals surface area contributed by atoms with Crippen LogP contribution in [0, 0.1) is 13.8 Å². The molecule has 0 saturated heterocycles. The minimum atomic E-state index is 0.0937. The molecule has 0 unspecified atom stereocenters. The molecular formula is C11H16N2O. The van der Waals surface area contributed by atoms with Crippen LogP contribution in [-0.2, 0) is 11.3 Å². The van der Waals surface area contributed by atoms with Gasteiger partial charge in [0.15, 0.2) is 5.78 Å². The number of nitrogens with zero attached hydrogens (tertiary/aromatic N) is 2. The average molecular weight is 192 g/mol. The lowest BCUT2D eigenvalue weighted by Crippen LogP contribution is -2.10. The quantitative estimate of drug-likeness (QED) is 0.687. The van der Waals surface area contributed by atoms with E-state index in [4.69, 9.17) is 0 Å². The van der Waals surface area contributed by atoms with Gasteiger partial charge in [0.25, 0.3) is 0 Å². The van der Waals surface area contributed by atoms with Gasteiger partial charge in [-0.25, -0.2) is 0 Å². The van der Waals surface area contributed by atoms with E-state index in [1.165, 1.54) is 0 Å². The van der Waals surface area contributed by atoms with E-state index in [0.29, 0.717) is 6.54 Å². The standard InChI is InChI=1S/C11H16N2O/c1-8(2)5-11(14)7-13-10(4)6-9(3)12-13/h5-6H,7H2,1-4H3. The highest BCUT2D eigenvalue weighted by atomic mass is 16.1. The van der Waals surface area contributed by atoms with Gasteiger partial charge in [0.2, 0.25) is 0 Å². The van der Waals surface area contributed by atoms with Crippen LogP contribution in [0.1, 0.15) is 25.2 Å². The van der Waals surface area contributed by atoms with E-state index < -0.39 is 0 Å². The zero-order chi connectivity index (χ0) is 10.7. The maximum absolute atomic E-state index is 11.4. The molecule has 76 valence electrons. The van der Waals surface area contributed by atoms with Crippen molar-refractivity contribution < 1.29 is 4.79 Å². The van der Waals surface area contributed by atoms with Gasteiger partial charge in [-0.15, -0.1) is 0 Å². The highest BCUT2D eigenvalue weighted by molar-refractivity contribution is 5.89. The Bertz CT molecular complexity index is 371. The summed E-state index contributed by atoms with van der Waals surface area (Å²) in [7, 11) is 0. The zero-order valence-corrected chi connectivity index (χ0v) is 9.16. The molecule has 0 N–H and O–H groups in total. The Morgan fingerprint density at radius 2 is 2.14 bits per heavy atom. The van der Waals surface area contributed by atoms with Crippen molar-refractivity contribution in [3.8, 4) is 0 Å². The Morgan fingerprint density at radius 1 is 1.50 bits per heavy atom. The van der Waals surface area contributed by atoms with Gasteiger partial charge in [-0.2, -0.15) is 5.10 Å². The maximum Gasteiger partial charge on any atom is 0.177 e. The number of carbonyl (C=O) groups is 1. The van der Waals surface area contributed by atoms with Crippen molar-refractivity contribution in [2.24, 2.45) is 0 Å². The van der Waals surface area contributed by atoms with Gasteiger partial charge in [-0.1, -0.05) is 5.57 Å². The van der Waals surface area contributed by atoms with Crippen LogP contribution < -0.4 is 0 Å². The van der Waals surface area contributed by atoms with Gasteiger partial charge in [-0.05, 0) is 39.8 Å². The summed E-state index contributed by atoms with van der Waals surface area (Å²) in [5.74, 6) is 0.0937. The van der Waals surface area contributed by atoms with Crippen LogP contribution in [0.2, 0.25) is 0 Å². The number of rotatable bonds is 3. The molecule has 1 aromatic rings. The number of hydrogen-bond donors (Lipinski definition) is 0. The third-order valence-electron chi connectivity index (χ3n) is 1.86. The van der Waals surface area contributed by atoms with E-state index in [-0.39, 0.29) is 5.78 Å². The molecule has 1 heterocycles. The van der Waals surface area contributed by atoms with Crippen LogP contribution >= 0.6 is 0 Å². The van der Waals surface area contributed by atoms with Gasteiger partial charge in [0.1, 0.15) is 6.54 Å². The molecule has 1 rings (SSSR count). The first-order valence-electron chi connectivity index (χ1n) is 4.68. The molecule has 3 heteroatoms. The van der Waals surface area contributed by atoms with Crippen LogP contribution in [0.15, 0.2) is 17.7 Å². The molecule has 0 atom stereocenters. The predicted octanol–water partition coefficient (Wildman–Crippen LogP) is 2.04. The Kier molecular flexibility index (Phi) is 3.23. The van der Waals surface area contributed by atoms with Crippen molar-refractivity contribution in [1.82, 2.24) is 9.78 Å². The Balaban J connectivity index is 2.74. The predicted molar refractivity (Wildman–Crippen MR) is 56.1 cm³/mol. The minimum Gasteiger partial charge on any atom is -0.293 e. The molecule has 0 saturated carbocycles. The number of aryl methyl sites for hydroxylation is 2. The third kappa shape index (κ3) is 2.83. The molecule has 14 heavy (non-hydrogen) atoms. The molecule has 0 amide bonds. The molecule has 0 aromatic carbocycles. The first-order chi connectivity index (χ1) is 6.49. The van der Waals surface area contributed by atoms with Gasteiger partial charge < -0.3 is 0 Å². The molecule has 0 aliphatic heterocycles. The van der Waals surface area contributed by atoms with Crippen molar-refractivity contribution in [3.63, 3.8) is 0 Å². The number of ketones is 1. The van der Waals surface area contributed by atoms with Gasteiger partial charge in [-0.3, -0.25) is 9.48 Å². The van der Waals surface area contributed by atoms with E-state index in [2.05, 4.69) is 5.10 Å². The van der Waals surface area contributed by atoms with E-state index in [1.807, 2.05) is 33.8 Å². The summed E-state index contributed by atoms with van der Waals surface area (Å²) in [4.78, 5) is 11.4. The van der Waals surface area contributed by atoms with Gasteiger partial charge in [0.05, 0.1) is 5.69 Å². The lowest BCUT2D eigenvalue weighted by molar-refractivity contribution is -0.115. The Morgan fingerprint density at radius 3 is 2.57 bits per heavy atom. The lowest BCUT2D eigenvalue weighted by atomic mass is 10.2. The third-order valence-corrected chi connectivity index (χ3v) is 1.86. The molecular weight excluding hydrogens is 176 g/mol. The fraction of sp³-hybridized carbons (Fsp3) is 0.455. The van der Waals surface area contributed by atoms with Crippen molar-refractivity contribution in [3.05, 3.63) is 29.1 Å². The summed E-state index contributed by atoms with van der Waals surface area (Å²) in [6, 6.07) is 1.97. The highest BCUT2D eigenvalue weighted by Gasteiger charge is 2.04. The Hall–Kier alpha value is -1.38. The molecule has 3 nitrogen and oxygen atoms in total. The molecule has 0 aliphatic carbocycles. The summed E-state index contributed by atoms with van der Waals surface area (Å²) >= 11 is 0. The molecule has 0 spiro atoms. The van der Waals surface area contributed by atoms with Crippen LogP contribution in [0.4, 0.5) is 0 Å². The first-order valence-corrected chi connectivity index (χ1v) is 4.68. The monoisotopic (exact) mass is 192 g/mol. The van der Waals surface area contributed by atoms with Crippen molar-refractivity contribution in [1.29, 1.82) is 0 Å². The molecule has 0 radical (unpaired) electrons. The summed E-state index contributed by atoms with van der Waals surface area (Å²) in [6.45, 7) is 8.05. The van der Waals surface area contributed by atoms with Gasteiger partial charge >= 0.3 is 0 Å². The number of hydrogen-bond acceptors (Lipinski definition) is 2. The molecule has 0 aliphatic rings. The maximum atomic E-state index is 11.4. The SMILES string of the molecule is CC(C)=CC(=O)Cn1nc(C)cc1C. The minimum absolute atomic E-state index is 0.0937. The second kappa shape index (κ2) is 4.22. The fourth-order valence-corrected chi connectivity index (χ4v) is 1.35. The van der Waals surface area contributed by atoms with Gasteiger partial charge in [0, 0.05) is 5.69 Å². The average Bonchev–Trinajstić information content (AvgIpc) is 2.28. The number of aromatic nitrogens is 2. The van der Waals surface area contributed by atoms with Crippen LogP contribution in [-0.4, -0.2) is 15.6 Å². The fourth-order valence-electron chi connectivity index (χ4n) is 1.35. The second-order valence-corrected chi connectivity index (χ2v) is 3.77. The largest absolute Gasteiger partial charge is 0.293 e. The Labute approximate surface area is 84.4 Å². The van der Waals surface area contributed by atoms with Crippen molar-refractivity contribution >= 4 is 5.78 Å². The van der Waals surface area contributed by atoms with Crippen molar-refractivity contribution in [2.45, 2.75) is 34.2 Å². The smallest absolute Gasteiger partial charge is 0.177 e. The van der Waals surface area contributed by atoms with Crippen LogP contribution in [0.25, 0.3) is 0 Å². The van der Waals surface area contributed by atoms with Crippen LogP contribution in [0.3, 0.4) is 0 Å². The normalized spacial score (nSPS) is 10.0. The lowest BCUT2D eigenvalue weighted by Gasteiger charge is -2.00. The number of allylic oxidation sites excluding steroid dienone is 2. The van der Waals surface area contributed by atoms with E-state index >= 15 is 0 Å². The topological polar surface area (TPSA) is 34.9 Å². The molecule has 0 bridgehead atoms. The van der Waals surface area contributed by atoms with Crippen LogP contribution in [0.5, 0.6) is 0 Å². The van der Waals surface area contributed by atoms with E-state index in [0.717, 1.165) is 17.0 Å². The summed E-state index contributed by atoms with van der Waals surface area (Å²) in [5.41, 5.74) is 3.00. The second-order valence-electron chi connectivity index (χ2n) is 3.77. The number of carbonyl (C=O) groups excluding carboxylic acids is 1. The van der Waals surface area contributed by atoms with Crippen molar-refractivity contribution in [2.75, 3.05) is 0 Å². The molecule has 1 aromatic heterocycles. The summed E-state index contributed by atoms with van der Waals surface area (Å²) in [5, 5.41) is 4.22. The van der Waals surface area contributed by atoms with E-state index in [9.17, 15) is 4.79 Å². The molecule has 0 fully saturated rings. The highest BCUT2D eigenvalue weighted by Crippen LogP contribution is 2.02. The first kappa shape index (κ1) is 10.7. The summed E-state index contributed by atoms with van der Waals surface area (Å²) < 4.78 is 1.73. The van der Waals surface area contributed by atoms with E-state index in [1.54, 1.807) is 10.8 Å². The zero-order valence-electron chi connectivity index (χ0n) is 9.16. The summed E-state index contributed by atoms with van der Waals surface area (Å²) in [6.07, 6.45) is 1.65.